The standard InChI is InChI=1S/C32H31ClN2O3S/c1-20(2)24-14-13-21(3)17-29(24)38-16-15-34-31(36)30(39-32(34)37)18-26-22(4)35(28-12-8-6-10-25(26)28)19-23-9-5-7-11-27(23)33/h5-14,17-18,20H,15-16,19H2,1-4H3/b30-18-. The zero-order valence-corrected chi connectivity index (χ0v) is 24.1. The van der Waals surface area contributed by atoms with Crippen molar-refractivity contribution in [1.29, 1.82) is 0 Å². The van der Waals surface area contributed by atoms with E-state index in [9.17, 15) is 9.59 Å². The average molecular weight is 559 g/mol. The average Bonchev–Trinajstić information content (AvgIpc) is 3.33. The highest BCUT2D eigenvalue weighted by molar-refractivity contribution is 8.18. The Morgan fingerprint density at radius 3 is 2.51 bits per heavy atom. The van der Waals surface area contributed by atoms with Crippen molar-refractivity contribution in [3.63, 3.8) is 0 Å². The molecule has 1 aliphatic heterocycles. The normalized spacial score (nSPS) is 14.8. The van der Waals surface area contributed by atoms with Gasteiger partial charge in [0.25, 0.3) is 11.1 Å². The number of para-hydroxylation sites is 1. The Kier molecular flexibility index (Phi) is 7.87. The molecule has 39 heavy (non-hydrogen) atoms. The molecule has 0 spiro atoms. The first-order valence-electron chi connectivity index (χ1n) is 13.0. The van der Waals surface area contributed by atoms with E-state index in [1.807, 2.05) is 68.5 Å². The lowest BCUT2D eigenvalue weighted by molar-refractivity contribution is -0.123. The maximum Gasteiger partial charge on any atom is 0.293 e. The molecular formula is C32H31ClN2O3S. The van der Waals surface area contributed by atoms with Crippen molar-refractivity contribution in [2.45, 2.75) is 40.2 Å². The summed E-state index contributed by atoms with van der Waals surface area (Å²) in [6.45, 7) is 9.33. The van der Waals surface area contributed by atoms with E-state index in [0.717, 1.165) is 56.4 Å². The third-order valence-corrected chi connectivity index (χ3v) is 8.35. The van der Waals surface area contributed by atoms with Crippen molar-refractivity contribution in [3.8, 4) is 5.75 Å². The van der Waals surface area contributed by atoms with E-state index in [4.69, 9.17) is 16.3 Å². The molecule has 0 radical (unpaired) electrons. The lowest BCUT2D eigenvalue weighted by Crippen LogP contribution is -2.32. The van der Waals surface area contributed by atoms with E-state index in [2.05, 4.69) is 36.6 Å². The van der Waals surface area contributed by atoms with E-state index >= 15 is 0 Å². The Balaban J connectivity index is 1.38. The predicted molar refractivity (Wildman–Crippen MR) is 161 cm³/mol. The molecule has 2 amide bonds. The summed E-state index contributed by atoms with van der Waals surface area (Å²) in [5, 5.41) is 1.46. The number of imide groups is 1. The molecule has 3 aromatic carbocycles. The Labute approximate surface area is 238 Å². The predicted octanol–water partition coefficient (Wildman–Crippen LogP) is 8.20. The molecule has 1 fully saturated rings. The molecule has 5 rings (SSSR count). The van der Waals surface area contributed by atoms with Crippen LogP contribution in [0.2, 0.25) is 5.02 Å². The summed E-state index contributed by atoms with van der Waals surface area (Å²) < 4.78 is 8.25. The molecule has 1 aliphatic rings. The summed E-state index contributed by atoms with van der Waals surface area (Å²) >= 11 is 7.44. The van der Waals surface area contributed by atoms with Crippen LogP contribution in [-0.4, -0.2) is 33.8 Å². The van der Waals surface area contributed by atoms with Crippen LogP contribution in [0.15, 0.2) is 71.6 Å². The number of carbonyl (C=O) groups excluding carboxylic acids is 2. The number of nitrogens with zero attached hydrogens (tertiary/aromatic N) is 2. The summed E-state index contributed by atoms with van der Waals surface area (Å²) in [5.74, 6) is 0.822. The van der Waals surface area contributed by atoms with Gasteiger partial charge in [0, 0.05) is 33.7 Å². The molecule has 7 heteroatoms. The van der Waals surface area contributed by atoms with Crippen molar-refractivity contribution in [2.75, 3.05) is 13.2 Å². The van der Waals surface area contributed by atoms with Gasteiger partial charge < -0.3 is 9.30 Å². The van der Waals surface area contributed by atoms with E-state index < -0.39 is 0 Å². The minimum absolute atomic E-state index is 0.195. The molecule has 0 bridgehead atoms. The first-order valence-corrected chi connectivity index (χ1v) is 14.2. The van der Waals surface area contributed by atoms with Crippen molar-refractivity contribution in [2.24, 2.45) is 0 Å². The number of benzene rings is 3. The number of amides is 2. The summed E-state index contributed by atoms with van der Waals surface area (Å²) in [5.41, 5.74) is 6.22. The molecule has 200 valence electrons. The number of hydrogen-bond acceptors (Lipinski definition) is 4. The highest BCUT2D eigenvalue weighted by atomic mass is 35.5. The molecular weight excluding hydrogens is 528 g/mol. The molecule has 0 aliphatic carbocycles. The van der Waals surface area contributed by atoms with Crippen LogP contribution in [0.4, 0.5) is 4.79 Å². The number of halogens is 1. The second-order valence-corrected chi connectivity index (χ2v) is 11.5. The molecule has 1 saturated heterocycles. The Bertz CT molecular complexity index is 1600. The highest BCUT2D eigenvalue weighted by Gasteiger charge is 2.35. The number of hydrogen-bond donors (Lipinski definition) is 0. The number of carbonyl (C=O) groups is 2. The van der Waals surface area contributed by atoms with Crippen molar-refractivity contribution < 1.29 is 14.3 Å². The summed E-state index contributed by atoms with van der Waals surface area (Å²) in [6, 6.07) is 22.0. The SMILES string of the molecule is Cc1ccc(C(C)C)c(OCCN2C(=O)S/C(=C\c3c(C)n(Cc4ccccc4Cl)c4ccccc34)C2=O)c1. The fourth-order valence-corrected chi connectivity index (χ4v) is 6.00. The van der Waals surface area contributed by atoms with Crippen molar-refractivity contribution in [3.05, 3.63) is 105 Å². The molecule has 5 nitrogen and oxygen atoms in total. The maximum absolute atomic E-state index is 13.3. The molecule has 1 aromatic heterocycles. The topological polar surface area (TPSA) is 51.5 Å². The zero-order chi connectivity index (χ0) is 27.7. The van der Waals surface area contributed by atoms with E-state index in [0.29, 0.717) is 22.4 Å². The third kappa shape index (κ3) is 5.49. The molecule has 4 aromatic rings. The van der Waals surface area contributed by atoms with Crippen LogP contribution >= 0.6 is 23.4 Å². The second-order valence-electron chi connectivity index (χ2n) is 10.1. The molecule has 2 heterocycles. The van der Waals surface area contributed by atoms with Crippen molar-refractivity contribution >= 4 is 51.5 Å². The van der Waals surface area contributed by atoms with Gasteiger partial charge in [-0.05, 0) is 72.5 Å². The summed E-state index contributed by atoms with van der Waals surface area (Å²) in [7, 11) is 0. The first-order chi connectivity index (χ1) is 18.7. The smallest absolute Gasteiger partial charge is 0.293 e. The van der Waals surface area contributed by atoms with Crippen LogP contribution in [0.1, 0.15) is 47.7 Å². The molecule has 0 saturated carbocycles. The van der Waals surface area contributed by atoms with Gasteiger partial charge in [-0.3, -0.25) is 14.5 Å². The fourth-order valence-electron chi connectivity index (χ4n) is 4.95. The number of aryl methyl sites for hydroxylation is 1. The van der Waals surface area contributed by atoms with Gasteiger partial charge in [-0.15, -0.1) is 0 Å². The Morgan fingerprint density at radius 2 is 1.74 bits per heavy atom. The monoisotopic (exact) mass is 558 g/mol. The van der Waals surface area contributed by atoms with Gasteiger partial charge in [-0.1, -0.05) is 74.0 Å². The number of rotatable bonds is 8. The van der Waals surface area contributed by atoms with E-state index in [-0.39, 0.29) is 24.3 Å². The molecule has 0 unspecified atom stereocenters. The van der Waals surface area contributed by atoms with Gasteiger partial charge in [0.2, 0.25) is 0 Å². The largest absolute Gasteiger partial charge is 0.491 e. The maximum atomic E-state index is 13.3. The quantitative estimate of drug-likeness (QED) is 0.204. The minimum Gasteiger partial charge on any atom is -0.491 e. The van der Waals surface area contributed by atoms with Gasteiger partial charge in [-0.2, -0.15) is 0 Å². The fraction of sp³-hybridized carbons (Fsp3) is 0.250. The molecule has 0 N–H and O–H groups in total. The van der Waals surface area contributed by atoms with Crippen molar-refractivity contribution in [1.82, 2.24) is 9.47 Å². The number of fused-ring (bicyclic) bond motifs is 1. The minimum atomic E-state index is -0.288. The first kappa shape index (κ1) is 27.1. The van der Waals surface area contributed by atoms with Gasteiger partial charge >= 0.3 is 0 Å². The number of ether oxygens (including phenoxy) is 1. The van der Waals surface area contributed by atoms with E-state index in [1.165, 1.54) is 4.90 Å². The number of thioether (sulfide) groups is 1. The lowest BCUT2D eigenvalue weighted by atomic mass is 10.0. The third-order valence-electron chi connectivity index (χ3n) is 7.08. The number of aromatic nitrogens is 1. The Morgan fingerprint density at radius 1 is 1.00 bits per heavy atom. The second kappa shape index (κ2) is 11.3. The van der Waals surface area contributed by atoms with Crippen LogP contribution in [0.5, 0.6) is 5.75 Å². The van der Waals surface area contributed by atoms with Crippen LogP contribution in [0.25, 0.3) is 17.0 Å². The van der Waals surface area contributed by atoms with Gasteiger partial charge in [0.05, 0.1) is 11.4 Å². The van der Waals surface area contributed by atoms with Crippen LogP contribution < -0.4 is 4.74 Å². The highest BCUT2D eigenvalue weighted by Crippen LogP contribution is 2.36. The summed E-state index contributed by atoms with van der Waals surface area (Å²) in [4.78, 5) is 27.9. The lowest BCUT2D eigenvalue weighted by Gasteiger charge is -2.17. The van der Waals surface area contributed by atoms with E-state index in [1.54, 1.807) is 0 Å². The Hall–Kier alpha value is -3.48. The van der Waals surface area contributed by atoms with Crippen LogP contribution in [0, 0.1) is 13.8 Å². The summed E-state index contributed by atoms with van der Waals surface area (Å²) in [6.07, 6.45) is 1.85. The van der Waals surface area contributed by atoms with Crippen LogP contribution in [-0.2, 0) is 11.3 Å². The van der Waals surface area contributed by atoms with Gasteiger partial charge in [0.15, 0.2) is 0 Å². The zero-order valence-electron chi connectivity index (χ0n) is 22.5. The molecule has 0 atom stereocenters. The van der Waals surface area contributed by atoms with Gasteiger partial charge in [-0.25, -0.2) is 0 Å². The van der Waals surface area contributed by atoms with Gasteiger partial charge in [0.1, 0.15) is 12.4 Å². The van der Waals surface area contributed by atoms with Crippen LogP contribution in [0.3, 0.4) is 0 Å².